The lowest BCUT2D eigenvalue weighted by atomic mass is 10.1. The van der Waals surface area contributed by atoms with Gasteiger partial charge in [-0.2, -0.15) is 0 Å². The van der Waals surface area contributed by atoms with E-state index in [4.69, 9.17) is 10.2 Å². The Labute approximate surface area is 125 Å². The molecule has 0 saturated carbocycles. The highest BCUT2D eigenvalue weighted by atomic mass is 16.4. The normalized spacial score (nSPS) is 10.8. The SMILES string of the molecule is CCCN(CCC(=O)O)Cc1ccc(CCC(=O)O)cc1. The topological polar surface area (TPSA) is 77.8 Å². The molecule has 0 heterocycles. The summed E-state index contributed by atoms with van der Waals surface area (Å²) in [5.41, 5.74) is 2.13. The van der Waals surface area contributed by atoms with Crippen LogP contribution >= 0.6 is 0 Å². The number of nitrogens with zero attached hydrogens (tertiary/aromatic N) is 1. The minimum Gasteiger partial charge on any atom is -0.481 e. The van der Waals surface area contributed by atoms with Gasteiger partial charge in [-0.25, -0.2) is 0 Å². The second kappa shape index (κ2) is 9.13. The van der Waals surface area contributed by atoms with Gasteiger partial charge < -0.3 is 10.2 Å². The van der Waals surface area contributed by atoms with Crippen molar-refractivity contribution in [1.29, 1.82) is 0 Å². The van der Waals surface area contributed by atoms with Crippen LogP contribution in [0.4, 0.5) is 0 Å². The van der Waals surface area contributed by atoms with E-state index in [-0.39, 0.29) is 12.8 Å². The van der Waals surface area contributed by atoms with Crippen molar-refractivity contribution < 1.29 is 19.8 Å². The Morgan fingerprint density at radius 1 is 0.952 bits per heavy atom. The van der Waals surface area contributed by atoms with Gasteiger partial charge in [0, 0.05) is 19.5 Å². The molecule has 5 nitrogen and oxygen atoms in total. The van der Waals surface area contributed by atoms with Crippen LogP contribution in [0.1, 0.15) is 37.3 Å². The summed E-state index contributed by atoms with van der Waals surface area (Å²) >= 11 is 0. The second-order valence-corrected chi connectivity index (χ2v) is 5.13. The van der Waals surface area contributed by atoms with Crippen molar-refractivity contribution in [2.45, 2.75) is 39.2 Å². The van der Waals surface area contributed by atoms with Crippen LogP contribution in [0.15, 0.2) is 24.3 Å². The predicted molar refractivity (Wildman–Crippen MR) is 80.2 cm³/mol. The minimum absolute atomic E-state index is 0.139. The maximum absolute atomic E-state index is 10.7. The van der Waals surface area contributed by atoms with Crippen molar-refractivity contribution in [2.24, 2.45) is 0 Å². The van der Waals surface area contributed by atoms with Gasteiger partial charge in [-0.05, 0) is 30.5 Å². The molecule has 0 saturated heterocycles. The van der Waals surface area contributed by atoms with Crippen LogP contribution in [-0.2, 0) is 22.6 Å². The summed E-state index contributed by atoms with van der Waals surface area (Å²) in [6.45, 7) is 4.21. The molecule has 0 atom stereocenters. The maximum Gasteiger partial charge on any atom is 0.304 e. The minimum atomic E-state index is -0.790. The molecule has 1 aromatic rings. The van der Waals surface area contributed by atoms with E-state index in [0.29, 0.717) is 13.0 Å². The van der Waals surface area contributed by atoms with Crippen LogP contribution < -0.4 is 0 Å². The number of hydrogen-bond acceptors (Lipinski definition) is 3. The average molecular weight is 293 g/mol. The van der Waals surface area contributed by atoms with E-state index < -0.39 is 11.9 Å². The highest BCUT2D eigenvalue weighted by Gasteiger charge is 2.08. The number of aliphatic carboxylic acids is 2. The Bertz CT molecular complexity index is 456. The Morgan fingerprint density at radius 3 is 2.05 bits per heavy atom. The monoisotopic (exact) mass is 293 g/mol. The van der Waals surface area contributed by atoms with Crippen molar-refractivity contribution >= 4 is 11.9 Å². The Balaban J connectivity index is 2.54. The molecule has 0 amide bonds. The lowest BCUT2D eigenvalue weighted by Crippen LogP contribution is -2.26. The lowest BCUT2D eigenvalue weighted by molar-refractivity contribution is -0.138. The quantitative estimate of drug-likeness (QED) is 0.692. The smallest absolute Gasteiger partial charge is 0.304 e. The molecular weight excluding hydrogens is 270 g/mol. The maximum atomic E-state index is 10.7. The first-order valence-corrected chi connectivity index (χ1v) is 7.25. The fourth-order valence-corrected chi connectivity index (χ4v) is 2.16. The first kappa shape index (κ1) is 17.2. The Hall–Kier alpha value is -1.88. The van der Waals surface area contributed by atoms with E-state index in [0.717, 1.165) is 30.6 Å². The van der Waals surface area contributed by atoms with Crippen molar-refractivity contribution in [3.63, 3.8) is 0 Å². The number of carboxylic acids is 2. The summed E-state index contributed by atoms with van der Waals surface area (Å²) in [6, 6.07) is 7.86. The number of carbonyl (C=O) groups is 2. The molecule has 0 bridgehead atoms. The summed E-state index contributed by atoms with van der Waals surface area (Å²) in [6.07, 6.45) is 1.81. The zero-order chi connectivity index (χ0) is 15.7. The second-order valence-electron chi connectivity index (χ2n) is 5.13. The van der Waals surface area contributed by atoms with E-state index in [1.165, 1.54) is 0 Å². The van der Waals surface area contributed by atoms with Crippen LogP contribution in [0.5, 0.6) is 0 Å². The Kier molecular flexibility index (Phi) is 7.46. The predicted octanol–water partition coefficient (Wildman–Crippen LogP) is 2.39. The van der Waals surface area contributed by atoms with E-state index in [1.54, 1.807) is 0 Å². The third kappa shape index (κ3) is 7.46. The zero-order valence-corrected chi connectivity index (χ0v) is 12.4. The van der Waals surface area contributed by atoms with E-state index in [9.17, 15) is 9.59 Å². The zero-order valence-electron chi connectivity index (χ0n) is 12.4. The standard InChI is InChI=1S/C16H23NO4/c1-2-10-17(11-9-16(20)21)12-14-5-3-13(4-6-14)7-8-15(18)19/h3-6H,2,7-12H2,1H3,(H,18,19)(H,20,21). The molecule has 0 radical (unpaired) electrons. The number of rotatable bonds is 10. The summed E-state index contributed by atoms with van der Waals surface area (Å²) in [5, 5.41) is 17.4. The van der Waals surface area contributed by atoms with Gasteiger partial charge in [0.25, 0.3) is 0 Å². The molecule has 0 fully saturated rings. The molecule has 1 aromatic carbocycles. The summed E-state index contributed by atoms with van der Waals surface area (Å²) in [5.74, 6) is -1.57. The van der Waals surface area contributed by atoms with Crippen molar-refractivity contribution in [1.82, 2.24) is 4.90 Å². The molecule has 0 aliphatic rings. The van der Waals surface area contributed by atoms with Crippen molar-refractivity contribution in [2.75, 3.05) is 13.1 Å². The van der Waals surface area contributed by atoms with Crippen LogP contribution in [-0.4, -0.2) is 40.1 Å². The first-order valence-electron chi connectivity index (χ1n) is 7.25. The summed E-state index contributed by atoms with van der Waals surface area (Å²) in [7, 11) is 0. The average Bonchev–Trinajstić information content (AvgIpc) is 2.44. The summed E-state index contributed by atoms with van der Waals surface area (Å²) in [4.78, 5) is 23.3. The Morgan fingerprint density at radius 2 is 1.52 bits per heavy atom. The van der Waals surface area contributed by atoms with Crippen LogP contribution in [0.25, 0.3) is 0 Å². The van der Waals surface area contributed by atoms with E-state index in [2.05, 4.69) is 11.8 Å². The van der Waals surface area contributed by atoms with Gasteiger partial charge in [-0.3, -0.25) is 14.5 Å². The van der Waals surface area contributed by atoms with Crippen LogP contribution in [0.2, 0.25) is 0 Å². The third-order valence-electron chi connectivity index (χ3n) is 3.24. The van der Waals surface area contributed by atoms with Crippen LogP contribution in [0, 0.1) is 0 Å². The number of benzene rings is 1. The molecule has 0 aliphatic carbocycles. The highest BCUT2D eigenvalue weighted by molar-refractivity contribution is 5.67. The lowest BCUT2D eigenvalue weighted by Gasteiger charge is -2.21. The van der Waals surface area contributed by atoms with Gasteiger partial charge >= 0.3 is 11.9 Å². The van der Waals surface area contributed by atoms with Crippen molar-refractivity contribution in [3.05, 3.63) is 35.4 Å². The largest absolute Gasteiger partial charge is 0.481 e. The van der Waals surface area contributed by atoms with Gasteiger partial charge in [0.2, 0.25) is 0 Å². The van der Waals surface area contributed by atoms with E-state index in [1.807, 2.05) is 24.3 Å². The first-order chi connectivity index (χ1) is 10.0. The fourth-order valence-electron chi connectivity index (χ4n) is 2.16. The number of hydrogen-bond donors (Lipinski definition) is 2. The van der Waals surface area contributed by atoms with Gasteiger partial charge in [0.15, 0.2) is 0 Å². The van der Waals surface area contributed by atoms with Gasteiger partial charge in [-0.1, -0.05) is 31.2 Å². The van der Waals surface area contributed by atoms with Crippen LogP contribution in [0.3, 0.4) is 0 Å². The molecule has 0 spiro atoms. The summed E-state index contributed by atoms with van der Waals surface area (Å²) < 4.78 is 0. The number of aryl methyl sites for hydroxylation is 1. The van der Waals surface area contributed by atoms with Crippen molar-refractivity contribution in [3.8, 4) is 0 Å². The van der Waals surface area contributed by atoms with E-state index >= 15 is 0 Å². The van der Waals surface area contributed by atoms with Gasteiger partial charge in [0.1, 0.15) is 0 Å². The molecule has 21 heavy (non-hydrogen) atoms. The number of carboxylic acid groups (broad SMARTS) is 2. The molecule has 1 rings (SSSR count). The molecule has 0 aromatic heterocycles. The fraction of sp³-hybridized carbons (Fsp3) is 0.500. The van der Waals surface area contributed by atoms with Gasteiger partial charge in [0.05, 0.1) is 6.42 Å². The molecule has 0 unspecified atom stereocenters. The molecule has 2 N–H and O–H groups in total. The molecule has 0 aliphatic heterocycles. The molecule has 5 heteroatoms. The van der Waals surface area contributed by atoms with Gasteiger partial charge in [-0.15, -0.1) is 0 Å². The third-order valence-corrected chi connectivity index (χ3v) is 3.24. The molecule has 116 valence electrons. The highest BCUT2D eigenvalue weighted by Crippen LogP contribution is 2.10. The molecular formula is C16H23NO4.